The third kappa shape index (κ3) is 4.67. The molecule has 2 aromatic carbocycles. The largest absolute Gasteiger partial charge is 0.463 e. The number of nitrogens with zero attached hydrogens (tertiary/aromatic N) is 1. The normalized spacial score (nSPS) is 16.4. The Bertz CT molecular complexity index is 978. The number of benzene rings is 2. The van der Waals surface area contributed by atoms with E-state index >= 15 is 0 Å². The number of alkyl halides is 3. The van der Waals surface area contributed by atoms with Crippen LogP contribution in [0.3, 0.4) is 0 Å². The molecule has 1 fully saturated rings. The van der Waals surface area contributed by atoms with Crippen LogP contribution in [0.5, 0.6) is 0 Å². The topological polar surface area (TPSA) is 95.7 Å². The summed E-state index contributed by atoms with van der Waals surface area (Å²) in [6.07, 6.45) is -5.56. The van der Waals surface area contributed by atoms with Crippen LogP contribution in [0.1, 0.15) is 22.3 Å². The Kier molecular flexibility index (Phi) is 5.78. The molecule has 0 unspecified atom stereocenters. The standard InChI is InChI=1S/C18H12F3NO6S/c19-18(20,21)10-5-6-15(12(9-10)22(25)26)29-14-4-2-1-3-11(14)16(23)28-13-7-8-27-17(13)24/h1-6,9,13H,7-8H2/t13-/m0/s1. The lowest BCUT2D eigenvalue weighted by Crippen LogP contribution is -2.23. The van der Waals surface area contributed by atoms with Gasteiger partial charge in [0, 0.05) is 17.4 Å². The van der Waals surface area contributed by atoms with Crippen molar-refractivity contribution in [3.05, 3.63) is 63.7 Å². The Morgan fingerprint density at radius 2 is 1.93 bits per heavy atom. The van der Waals surface area contributed by atoms with Crippen LogP contribution in [-0.4, -0.2) is 29.6 Å². The van der Waals surface area contributed by atoms with Crippen molar-refractivity contribution in [2.45, 2.75) is 28.5 Å². The maximum atomic E-state index is 12.9. The van der Waals surface area contributed by atoms with Gasteiger partial charge < -0.3 is 9.47 Å². The zero-order chi connectivity index (χ0) is 21.2. The Morgan fingerprint density at radius 1 is 1.21 bits per heavy atom. The molecule has 0 amide bonds. The van der Waals surface area contributed by atoms with Gasteiger partial charge in [-0.2, -0.15) is 13.2 Å². The van der Waals surface area contributed by atoms with E-state index in [1.807, 2.05) is 0 Å². The van der Waals surface area contributed by atoms with E-state index in [-0.39, 0.29) is 28.4 Å². The molecule has 152 valence electrons. The average Bonchev–Trinajstić information content (AvgIpc) is 3.06. The monoisotopic (exact) mass is 427 g/mol. The van der Waals surface area contributed by atoms with E-state index in [2.05, 4.69) is 0 Å². The van der Waals surface area contributed by atoms with Crippen molar-refractivity contribution in [1.82, 2.24) is 0 Å². The highest BCUT2D eigenvalue weighted by Crippen LogP contribution is 2.40. The lowest BCUT2D eigenvalue weighted by Gasteiger charge is -2.12. The van der Waals surface area contributed by atoms with Gasteiger partial charge in [-0.25, -0.2) is 9.59 Å². The van der Waals surface area contributed by atoms with Crippen molar-refractivity contribution in [3.8, 4) is 0 Å². The summed E-state index contributed by atoms with van der Waals surface area (Å²) >= 11 is 0.750. The minimum absolute atomic E-state index is 0.0198. The SMILES string of the molecule is O=C(O[C@H]1CCOC1=O)c1ccccc1Sc1ccc(C(F)(F)F)cc1[N+](=O)[O-]. The van der Waals surface area contributed by atoms with Crippen LogP contribution in [-0.2, 0) is 20.4 Å². The maximum Gasteiger partial charge on any atom is 0.416 e. The van der Waals surface area contributed by atoms with Gasteiger partial charge in [0.15, 0.2) is 0 Å². The molecule has 3 rings (SSSR count). The minimum atomic E-state index is -4.73. The van der Waals surface area contributed by atoms with Crippen LogP contribution < -0.4 is 0 Å². The van der Waals surface area contributed by atoms with Gasteiger partial charge in [-0.15, -0.1) is 0 Å². The molecule has 1 atom stereocenters. The molecule has 0 aliphatic carbocycles. The number of hydrogen-bond acceptors (Lipinski definition) is 7. The zero-order valence-electron chi connectivity index (χ0n) is 14.5. The fraction of sp³-hybridized carbons (Fsp3) is 0.222. The van der Waals surface area contributed by atoms with Crippen molar-refractivity contribution in [2.75, 3.05) is 6.61 Å². The molecule has 11 heteroatoms. The predicted molar refractivity (Wildman–Crippen MR) is 93.4 cm³/mol. The molecule has 1 saturated heterocycles. The number of carbonyl (C=O) groups excluding carboxylic acids is 2. The molecular weight excluding hydrogens is 415 g/mol. The van der Waals surface area contributed by atoms with Crippen LogP contribution in [0.2, 0.25) is 0 Å². The van der Waals surface area contributed by atoms with E-state index in [0.717, 1.165) is 23.9 Å². The van der Waals surface area contributed by atoms with Crippen LogP contribution >= 0.6 is 11.8 Å². The van der Waals surface area contributed by atoms with Crippen molar-refractivity contribution >= 4 is 29.4 Å². The number of esters is 2. The zero-order valence-corrected chi connectivity index (χ0v) is 15.3. The maximum absolute atomic E-state index is 12.9. The Labute approximate surface area is 165 Å². The highest BCUT2D eigenvalue weighted by atomic mass is 32.2. The first-order chi connectivity index (χ1) is 13.7. The van der Waals surface area contributed by atoms with Crippen molar-refractivity contribution in [2.24, 2.45) is 0 Å². The lowest BCUT2D eigenvalue weighted by atomic mass is 10.2. The molecule has 0 spiro atoms. The molecule has 0 saturated carbocycles. The first-order valence-corrected chi connectivity index (χ1v) is 8.98. The highest BCUT2D eigenvalue weighted by Gasteiger charge is 2.34. The molecule has 2 aromatic rings. The summed E-state index contributed by atoms with van der Waals surface area (Å²) in [4.78, 5) is 34.4. The van der Waals surface area contributed by atoms with E-state index in [4.69, 9.17) is 9.47 Å². The molecule has 7 nitrogen and oxygen atoms in total. The number of cyclic esters (lactones) is 1. The van der Waals surface area contributed by atoms with Crippen LogP contribution in [0.15, 0.2) is 52.3 Å². The molecule has 1 aliphatic rings. The fourth-order valence-electron chi connectivity index (χ4n) is 2.54. The predicted octanol–water partition coefficient (Wildman–Crippen LogP) is 4.24. The minimum Gasteiger partial charge on any atom is -0.463 e. The average molecular weight is 427 g/mol. The first kappa shape index (κ1) is 20.6. The quantitative estimate of drug-likeness (QED) is 0.400. The number of halogens is 3. The number of hydrogen-bond donors (Lipinski definition) is 0. The Hall–Kier alpha value is -3.08. The van der Waals surface area contributed by atoms with Gasteiger partial charge in [-0.1, -0.05) is 23.9 Å². The third-order valence-corrected chi connectivity index (χ3v) is 5.09. The van der Waals surface area contributed by atoms with Gasteiger partial charge in [-0.3, -0.25) is 10.1 Å². The fourth-order valence-corrected chi connectivity index (χ4v) is 3.56. The number of ether oxygens (including phenoxy) is 2. The summed E-state index contributed by atoms with van der Waals surface area (Å²) in [5, 5.41) is 11.3. The third-order valence-electron chi connectivity index (χ3n) is 3.95. The van der Waals surface area contributed by atoms with Crippen LogP contribution in [0.25, 0.3) is 0 Å². The molecule has 0 radical (unpaired) electrons. The number of nitro groups is 1. The van der Waals surface area contributed by atoms with E-state index in [1.54, 1.807) is 6.07 Å². The Balaban J connectivity index is 1.90. The molecular formula is C18H12F3NO6S. The van der Waals surface area contributed by atoms with Crippen molar-refractivity contribution in [1.29, 1.82) is 0 Å². The van der Waals surface area contributed by atoms with Gasteiger partial charge >= 0.3 is 18.1 Å². The molecule has 29 heavy (non-hydrogen) atoms. The second-order valence-corrected chi connectivity index (χ2v) is 6.97. The van der Waals surface area contributed by atoms with Gasteiger partial charge in [0.2, 0.25) is 6.10 Å². The van der Waals surface area contributed by atoms with E-state index < -0.39 is 40.4 Å². The number of rotatable bonds is 5. The van der Waals surface area contributed by atoms with Crippen LogP contribution in [0, 0.1) is 10.1 Å². The first-order valence-electron chi connectivity index (χ1n) is 8.17. The van der Waals surface area contributed by atoms with Crippen LogP contribution in [0.4, 0.5) is 18.9 Å². The molecule has 0 bridgehead atoms. The van der Waals surface area contributed by atoms with E-state index in [1.165, 1.54) is 18.2 Å². The molecule has 0 N–H and O–H groups in total. The van der Waals surface area contributed by atoms with Gasteiger partial charge in [-0.05, 0) is 24.3 Å². The smallest absolute Gasteiger partial charge is 0.416 e. The summed E-state index contributed by atoms with van der Waals surface area (Å²) in [5.74, 6) is -1.51. The summed E-state index contributed by atoms with van der Waals surface area (Å²) in [6.45, 7) is 0.130. The number of carbonyl (C=O) groups is 2. The summed E-state index contributed by atoms with van der Waals surface area (Å²) in [7, 11) is 0. The highest BCUT2D eigenvalue weighted by molar-refractivity contribution is 7.99. The summed E-state index contributed by atoms with van der Waals surface area (Å²) in [6, 6.07) is 8.08. The van der Waals surface area contributed by atoms with Gasteiger partial charge in [0.1, 0.15) is 0 Å². The van der Waals surface area contributed by atoms with E-state index in [9.17, 15) is 32.9 Å². The molecule has 1 aliphatic heterocycles. The summed E-state index contributed by atoms with van der Waals surface area (Å²) in [5.41, 5.74) is -1.88. The van der Waals surface area contributed by atoms with Crippen molar-refractivity contribution in [3.63, 3.8) is 0 Å². The second kappa shape index (κ2) is 8.11. The Morgan fingerprint density at radius 3 is 2.55 bits per heavy atom. The second-order valence-electron chi connectivity index (χ2n) is 5.89. The number of nitro benzene ring substituents is 1. The van der Waals surface area contributed by atoms with Gasteiger partial charge in [0.25, 0.3) is 5.69 Å². The van der Waals surface area contributed by atoms with E-state index in [0.29, 0.717) is 6.07 Å². The van der Waals surface area contributed by atoms with Crippen molar-refractivity contribution < 1.29 is 37.2 Å². The van der Waals surface area contributed by atoms with Gasteiger partial charge in [0.05, 0.1) is 27.6 Å². The lowest BCUT2D eigenvalue weighted by molar-refractivity contribution is -0.388. The molecule has 1 heterocycles. The molecule has 0 aromatic heterocycles. The summed E-state index contributed by atoms with van der Waals surface area (Å²) < 4.78 is 48.4.